The van der Waals surface area contributed by atoms with Crippen molar-refractivity contribution in [2.75, 3.05) is 0 Å². The van der Waals surface area contributed by atoms with Crippen molar-refractivity contribution >= 4 is 0 Å². The number of aromatic nitrogens is 2. The molecule has 0 aromatic carbocycles. The third-order valence-corrected chi connectivity index (χ3v) is 3.79. The maximum atomic E-state index is 5.92. The van der Waals surface area contributed by atoms with Crippen LogP contribution in [0.4, 0.5) is 0 Å². The van der Waals surface area contributed by atoms with E-state index in [0.717, 1.165) is 25.1 Å². The minimum absolute atomic E-state index is 0.179. The summed E-state index contributed by atoms with van der Waals surface area (Å²) in [5.41, 5.74) is 0.970. The number of rotatable bonds is 5. The number of ether oxygens (including phenoxy) is 2. The second kappa shape index (κ2) is 6.06. The van der Waals surface area contributed by atoms with Crippen molar-refractivity contribution in [2.24, 2.45) is 0 Å². The molecule has 2 atom stereocenters. The third-order valence-electron chi connectivity index (χ3n) is 3.79. The second-order valence-corrected chi connectivity index (χ2v) is 5.99. The van der Waals surface area contributed by atoms with Crippen molar-refractivity contribution in [2.45, 2.75) is 70.4 Å². The molecule has 3 rings (SSSR count). The first-order chi connectivity index (χ1) is 9.69. The quantitative estimate of drug-likeness (QED) is 0.893. The first kappa shape index (κ1) is 13.8. The monoisotopic (exact) mass is 277 g/mol. The molecule has 1 N–H and O–H groups in total. The van der Waals surface area contributed by atoms with Crippen LogP contribution >= 0.6 is 0 Å². The summed E-state index contributed by atoms with van der Waals surface area (Å²) in [5, 5.41) is 11.8. The molecule has 0 radical (unpaired) electrons. The molecule has 2 aliphatic rings. The average Bonchev–Trinajstić information content (AvgIpc) is 3.21. The van der Waals surface area contributed by atoms with Crippen LogP contribution in [0.5, 0.6) is 5.88 Å². The lowest BCUT2D eigenvalue weighted by molar-refractivity contribution is -0.0731. The Bertz CT molecular complexity index is 423. The van der Waals surface area contributed by atoms with Gasteiger partial charge in [-0.1, -0.05) is 0 Å². The molecule has 0 spiro atoms. The topological polar surface area (TPSA) is 56.3 Å². The van der Waals surface area contributed by atoms with Crippen LogP contribution in [0.3, 0.4) is 0 Å². The molecule has 5 nitrogen and oxygen atoms in total. The van der Waals surface area contributed by atoms with Gasteiger partial charge in [0, 0.05) is 31.5 Å². The van der Waals surface area contributed by atoms with Gasteiger partial charge >= 0.3 is 0 Å². The Labute approximate surface area is 120 Å². The smallest absolute Gasteiger partial charge is 0.233 e. The lowest BCUT2D eigenvalue weighted by Gasteiger charge is -2.31. The van der Waals surface area contributed by atoms with Gasteiger partial charge in [0.25, 0.3) is 0 Å². The van der Waals surface area contributed by atoms with Crippen LogP contribution in [-0.2, 0) is 11.3 Å². The van der Waals surface area contributed by atoms with E-state index >= 15 is 0 Å². The van der Waals surface area contributed by atoms with E-state index < -0.39 is 0 Å². The molecule has 0 bridgehead atoms. The Morgan fingerprint density at radius 2 is 1.95 bits per heavy atom. The molecule has 1 saturated carbocycles. The van der Waals surface area contributed by atoms with Crippen molar-refractivity contribution in [1.29, 1.82) is 0 Å². The summed E-state index contributed by atoms with van der Waals surface area (Å²) in [6.07, 6.45) is 5.08. The van der Waals surface area contributed by atoms with Gasteiger partial charge in [-0.25, -0.2) is 0 Å². The molecular formula is C15H23N3O2. The molecule has 20 heavy (non-hydrogen) atoms. The van der Waals surface area contributed by atoms with E-state index in [4.69, 9.17) is 9.47 Å². The summed E-state index contributed by atoms with van der Waals surface area (Å²) in [4.78, 5) is 0. The van der Waals surface area contributed by atoms with Crippen molar-refractivity contribution in [3.05, 3.63) is 17.8 Å². The fourth-order valence-electron chi connectivity index (χ4n) is 2.65. The van der Waals surface area contributed by atoms with Gasteiger partial charge in [-0.15, -0.1) is 5.10 Å². The van der Waals surface area contributed by atoms with Crippen LogP contribution in [-0.4, -0.2) is 34.6 Å². The molecule has 2 unspecified atom stereocenters. The highest BCUT2D eigenvalue weighted by Gasteiger charge is 2.26. The maximum Gasteiger partial charge on any atom is 0.233 e. The average molecular weight is 277 g/mol. The predicted octanol–water partition coefficient (Wildman–Crippen LogP) is 2.06. The molecule has 1 aliphatic heterocycles. The van der Waals surface area contributed by atoms with Crippen LogP contribution in [0.1, 0.15) is 45.2 Å². The van der Waals surface area contributed by atoms with Crippen molar-refractivity contribution < 1.29 is 9.47 Å². The highest BCUT2D eigenvalue weighted by Crippen LogP contribution is 2.23. The fraction of sp³-hybridized carbons (Fsp3) is 0.733. The van der Waals surface area contributed by atoms with Gasteiger partial charge in [0.1, 0.15) is 6.10 Å². The van der Waals surface area contributed by atoms with Gasteiger partial charge in [-0.2, -0.15) is 5.10 Å². The molecule has 1 aliphatic carbocycles. The van der Waals surface area contributed by atoms with Gasteiger partial charge in [0.15, 0.2) is 0 Å². The van der Waals surface area contributed by atoms with E-state index in [1.807, 2.05) is 12.1 Å². The zero-order chi connectivity index (χ0) is 13.9. The van der Waals surface area contributed by atoms with E-state index in [9.17, 15) is 0 Å². The van der Waals surface area contributed by atoms with Crippen LogP contribution in [0.2, 0.25) is 0 Å². The fourth-order valence-corrected chi connectivity index (χ4v) is 2.65. The third kappa shape index (κ3) is 3.90. The molecule has 5 heteroatoms. The Balaban J connectivity index is 1.51. The molecule has 0 amide bonds. The van der Waals surface area contributed by atoms with Crippen LogP contribution in [0.15, 0.2) is 12.1 Å². The first-order valence-electron chi connectivity index (χ1n) is 7.57. The number of hydrogen-bond acceptors (Lipinski definition) is 5. The lowest BCUT2D eigenvalue weighted by Crippen LogP contribution is -2.35. The first-order valence-corrected chi connectivity index (χ1v) is 7.57. The molecule has 2 fully saturated rings. The highest BCUT2D eigenvalue weighted by atomic mass is 16.5. The van der Waals surface area contributed by atoms with Gasteiger partial charge in [0.05, 0.1) is 17.9 Å². The summed E-state index contributed by atoms with van der Waals surface area (Å²) >= 11 is 0. The molecule has 1 saturated heterocycles. The van der Waals surface area contributed by atoms with Crippen LogP contribution in [0, 0.1) is 0 Å². The molecule has 110 valence electrons. The van der Waals surface area contributed by atoms with E-state index in [1.54, 1.807) is 0 Å². The molecule has 2 heterocycles. The van der Waals surface area contributed by atoms with E-state index in [-0.39, 0.29) is 18.3 Å². The molecular weight excluding hydrogens is 254 g/mol. The normalized spacial score (nSPS) is 30.2. The number of nitrogens with zero attached hydrogens (tertiary/aromatic N) is 2. The summed E-state index contributed by atoms with van der Waals surface area (Å²) in [6, 6.07) is 4.60. The largest absolute Gasteiger partial charge is 0.473 e. The van der Waals surface area contributed by atoms with E-state index in [0.29, 0.717) is 11.9 Å². The van der Waals surface area contributed by atoms with Gasteiger partial charge in [-0.05, 0) is 32.8 Å². The minimum Gasteiger partial charge on any atom is -0.473 e. The summed E-state index contributed by atoms with van der Waals surface area (Å²) in [5.74, 6) is 0.617. The van der Waals surface area contributed by atoms with E-state index in [1.165, 1.54) is 12.8 Å². The van der Waals surface area contributed by atoms with Crippen molar-refractivity contribution in [3.8, 4) is 5.88 Å². The number of nitrogens with one attached hydrogen (secondary N) is 1. The SMILES string of the molecule is CC1CC(Oc2ccc(CNC3CC3)nn2)CC(C)O1. The summed E-state index contributed by atoms with van der Waals surface area (Å²) < 4.78 is 11.6. The Hall–Kier alpha value is -1.20. The van der Waals surface area contributed by atoms with Gasteiger partial charge in [0.2, 0.25) is 5.88 Å². The zero-order valence-corrected chi connectivity index (χ0v) is 12.2. The Morgan fingerprint density at radius 1 is 1.20 bits per heavy atom. The van der Waals surface area contributed by atoms with Crippen molar-refractivity contribution in [3.63, 3.8) is 0 Å². The Kier molecular flexibility index (Phi) is 4.17. The summed E-state index contributed by atoms with van der Waals surface area (Å²) in [6.45, 7) is 4.97. The highest BCUT2D eigenvalue weighted by molar-refractivity contribution is 5.12. The van der Waals surface area contributed by atoms with Gasteiger partial charge in [-0.3, -0.25) is 0 Å². The molecule has 1 aromatic heterocycles. The van der Waals surface area contributed by atoms with Crippen LogP contribution < -0.4 is 10.1 Å². The summed E-state index contributed by atoms with van der Waals surface area (Å²) in [7, 11) is 0. The second-order valence-electron chi connectivity index (χ2n) is 5.99. The number of hydrogen-bond donors (Lipinski definition) is 1. The minimum atomic E-state index is 0.179. The molecule has 1 aromatic rings. The lowest BCUT2D eigenvalue weighted by atomic mass is 10.0. The van der Waals surface area contributed by atoms with E-state index in [2.05, 4.69) is 29.4 Å². The van der Waals surface area contributed by atoms with Gasteiger partial charge < -0.3 is 14.8 Å². The van der Waals surface area contributed by atoms with Crippen molar-refractivity contribution in [1.82, 2.24) is 15.5 Å². The Morgan fingerprint density at radius 3 is 2.55 bits per heavy atom. The maximum absolute atomic E-state index is 5.92. The predicted molar refractivity (Wildman–Crippen MR) is 75.6 cm³/mol. The standard InChI is InChI=1S/C15H23N3O2/c1-10-7-14(8-11(2)19-10)20-15-6-5-13(17-18-15)9-16-12-3-4-12/h5-6,10-12,14,16H,3-4,7-9H2,1-2H3. The zero-order valence-electron chi connectivity index (χ0n) is 12.2. The van der Waals surface area contributed by atoms with Crippen LogP contribution in [0.25, 0.3) is 0 Å².